The van der Waals surface area contributed by atoms with Gasteiger partial charge >= 0.3 is 0 Å². The number of rotatable bonds is 2. The van der Waals surface area contributed by atoms with Gasteiger partial charge in [0.05, 0.1) is 0 Å². The fourth-order valence-corrected chi connectivity index (χ4v) is 4.30. The van der Waals surface area contributed by atoms with Crippen molar-refractivity contribution >= 4 is 43.6 Å². The second kappa shape index (κ2) is 4.91. The Morgan fingerprint density at radius 2 is 2.19 bits per heavy atom. The number of pyridine rings is 1. The van der Waals surface area contributed by atoms with E-state index in [1.165, 1.54) is 25.4 Å². The van der Waals surface area contributed by atoms with Crippen LogP contribution < -0.4 is 0 Å². The molecule has 0 bridgehead atoms. The number of nitrogens with zero attached hydrogens (tertiary/aromatic N) is 2. The van der Waals surface area contributed by atoms with Gasteiger partial charge in [-0.1, -0.05) is 6.08 Å². The molecule has 2 aromatic rings. The molecule has 2 aromatic heterocycles. The van der Waals surface area contributed by atoms with E-state index in [9.17, 15) is 12.8 Å². The van der Waals surface area contributed by atoms with Gasteiger partial charge in [0.1, 0.15) is 10.6 Å². The van der Waals surface area contributed by atoms with Crippen LogP contribution in [0.3, 0.4) is 0 Å². The standard InChI is InChI=1S/C14H12FIN2O2S/c1-14(6-4-12(16)11(15)9-14)21(19,20)18-8-5-10-3-2-7-17-13(10)18/h2-5,7-9H,6H2,1H3. The number of hydrogen-bond donors (Lipinski definition) is 0. The van der Waals surface area contributed by atoms with E-state index < -0.39 is 20.6 Å². The lowest BCUT2D eigenvalue weighted by atomic mass is 10.0. The molecule has 0 radical (unpaired) electrons. The second-order valence-electron chi connectivity index (χ2n) is 5.09. The van der Waals surface area contributed by atoms with Gasteiger partial charge < -0.3 is 0 Å². The molecule has 0 amide bonds. The van der Waals surface area contributed by atoms with Crippen molar-refractivity contribution in [2.24, 2.45) is 0 Å². The van der Waals surface area contributed by atoms with Gasteiger partial charge in [0.25, 0.3) is 0 Å². The van der Waals surface area contributed by atoms with Crippen LogP contribution in [0.2, 0.25) is 0 Å². The summed E-state index contributed by atoms with van der Waals surface area (Å²) >= 11 is 1.86. The predicted octanol–water partition coefficient (Wildman–Crippen LogP) is 3.55. The maximum Gasteiger partial charge on any atom is 0.249 e. The van der Waals surface area contributed by atoms with E-state index in [0.29, 0.717) is 9.23 Å². The highest BCUT2D eigenvalue weighted by atomic mass is 127. The summed E-state index contributed by atoms with van der Waals surface area (Å²) in [5, 5.41) is 0.732. The van der Waals surface area contributed by atoms with Crippen LogP contribution in [0, 0.1) is 0 Å². The Hall–Kier alpha value is -1.22. The molecule has 4 nitrogen and oxygen atoms in total. The minimum absolute atomic E-state index is 0.230. The minimum atomic E-state index is -3.81. The van der Waals surface area contributed by atoms with E-state index in [4.69, 9.17) is 0 Å². The highest BCUT2D eigenvalue weighted by Gasteiger charge is 2.41. The third kappa shape index (κ3) is 2.22. The van der Waals surface area contributed by atoms with Gasteiger partial charge in [-0.3, -0.25) is 0 Å². The number of halogens is 2. The Morgan fingerprint density at radius 3 is 2.90 bits per heavy atom. The molecule has 0 N–H and O–H groups in total. The number of hydrogen-bond acceptors (Lipinski definition) is 3. The molecule has 0 spiro atoms. The molecule has 3 rings (SSSR count). The Bertz CT molecular complexity index is 885. The predicted molar refractivity (Wildman–Crippen MR) is 88.4 cm³/mol. The van der Waals surface area contributed by atoms with Crippen molar-refractivity contribution in [1.29, 1.82) is 0 Å². The van der Waals surface area contributed by atoms with Crippen LogP contribution in [0.5, 0.6) is 0 Å². The molecule has 1 aliphatic carbocycles. The summed E-state index contributed by atoms with van der Waals surface area (Å²) in [7, 11) is -3.81. The van der Waals surface area contributed by atoms with Crippen LogP contribution in [0.4, 0.5) is 4.39 Å². The van der Waals surface area contributed by atoms with Crippen molar-refractivity contribution < 1.29 is 12.8 Å². The van der Waals surface area contributed by atoms with Gasteiger partial charge in [-0.15, -0.1) is 0 Å². The Labute approximate surface area is 135 Å². The maximum absolute atomic E-state index is 13.9. The van der Waals surface area contributed by atoms with Crippen LogP contribution >= 0.6 is 22.6 Å². The van der Waals surface area contributed by atoms with E-state index in [0.717, 1.165) is 9.36 Å². The summed E-state index contributed by atoms with van der Waals surface area (Å²) in [5.41, 5.74) is 0.358. The molecule has 1 aliphatic rings. The van der Waals surface area contributed by atoms with Gasteiger partial charge in [-0.05, 0) is 60.2 Å². The molecule has 0 saturated heterocycles. The van der Waals surface area contributed by atoms with Gasteiger partial charge in [-0.2, -0.15) is 0 Å². The van der Waals surface area contributed by atoms with E-state index in [2.05, 4.69) is 4.98 Å². The van der Waals surface area contributed by atoms with E-state index in [-0.39, 0.29) is 6.42 Å². The van der Waals surface area contributed by atoms with Crippen molar-refractivity contribution in [3.63, 3.8) is 0 Å². The first-order chi connectivity index (χ1) is 9.85. The van der Waals surface area contributed by atoms with Gasteiger partial charge in [-0.25, -0.2) is 21.8 Å². The summed E-state index contributed by atoms with van der Waals surface area (Å²) in [4.78, 5) is 4.12. The van der Waals surface area contributed by atoms with Crippen molar-refractivity contribution in [1.82, 2.24) is 8.96 Å². The topological polar surface area (TPSA) is 52.0 Å². The van der Waals surface area contributed by atoms with Gasteiger partial charge in [0.2, 0.25) is 10.0 Å². The lowest BCUT2D eigenvalue weighted by Crippen LogP contribution is -2.38. The number of allylic oxidation sites excluding steroid dienone is 3. The Morgan fingerprint density at radius 1 is 1.43 bits per heavy atom. The van der Waals surface area contributed by atoms with Crippen LogP contribution in [-0.4, -0.2) is 22.1 Å². The van der Waals surface area contributed by atoms with Crippen molar-refractivity contribution in [3.05, 3.63) is 52.2 Å². The van der Waals surface area contributed by atoms with Gasteiger partial charge in [0, 0.05) is 21.4 Å². The Balaban J connectivity index is 2.18. The molecule has 0 saturated carbocycles. The molecular weight excluding hydrogens is 406 g/mol. The molecule has 2 heterocycles. The van der Waals surface area contributed by atoms with Crippen LogP contribution in [0.25, 0.3) is 11.0 Å². The van der Waals surface area contributed by atoms with Crippen LogP contribution in [-0.2, 0) is 10.0 Å². The van der Waals surface area contributed by atoms with E-state index >= 15 is 0 Å². The minimum Gasteiger partial charge on any atom is -0.237 e. The lowest BCUT2D eigenvalue weighted by molar-refractivity contribution is 0.544. The van der Waals surface area contributed by atoms with E-state index in [1.807, 2.05) is 22.6 Å². The molecular formula is C14H12FIN2O2S. The third-order valence-electron chi connectivity index (χ3n) is 3.61. The summed E-state index contributed by atoms with van der Waals surface area (Å²) in [5.74, 6) is -0.502. The quantitative estimate of drug-likeness (QED) is 0.702. The zero-order chi connectivity index (χ0) is 15.3. The van der Waals surface area contributed by atoms with Crippen molar-refractivity contribution in [2.45, 2.75) is 18.1 Å². The average molecular weight is 418 g/mol. The molecule has 0 aliphatic heterocycles. The monoisotopic (exact) mass is 418 g/mol. The first kappa shape index (κ1) is 14.7. The van der Waals surface area contributed by atoms with Crippen molar-refractivity contribution in [3.8, 4) is 0 Å². The van der Waals surface area contributed by atoms with Crippen LogP contribution in [0.1, 0.15) is 13.3 Å². The fraction of sp³-hybridized carbons (Fsp3) is 0.214. The molecule has 7 heteroatoms. The molecule has 0 fully saturated rings. The van der Waals surface area contributed by atoms with Gasteiger partial charge in [0.15, 0.2) is 5.65 Å². The molecule has 1 atom stereocenters. The summed E-state index contributed by atoms with van der Waals surface area (Å²) < 4.78 is 39.9. The first-order valence-corrected chi connectivity index (χ1v) is 8.79. The fourth-order valence-electron chi connectivity index (χ4n) is 2.33. The summed E-state index contributed by atoms with van der Waals surface area (Å²) in [6.07, 6.45) is 6.02. The van der Waals surface area contributed by atoms with E-state index in [1.54, 1.807) is 24.3 Å². The van der Waals surface area contributed by atoms with Crippen LogP contribution in [0.15, 0.2) is 52.2 Å². The Kier molecular flexibility index (Phi) is 3.44. The maximum atomic E-state index is 13.9. The zero-order valence-corrected chi connectivity index (χ0v) is 14.1. The first-order valence-electron chi connectivity index (χ1n) is 6.27. The lowest BCUT2D eigenvalue weighted by Gasteiger charge is -2.28. The zero-order valence-electron chi connectivity index (χ0n) is 11.1. The summed E-state index contributed by atoms with van der Waals surface area (Å²) in [6, 6.07) is 5.22. The second-order valence-corrected chi connectivity index (χ2v) is 8.53. The van der Waals surface area contributed by atoms with Crippen molar-refractivity contribution in [2.75, 3.05) is 0 Å². The SMILES string of the molecule is CC1(S(=O)(=O)n2ccc3cccnc32)C=C(F)C(I)=CC1. The molecule has 21 heavy (non-hydrogen) atoms. The molecule has 1 unspecified atom stereocenters. The number of aromatic nitrogens is 2. The normalized spacial score (nSPS) is 23.0. The number of fused-ring (bicyclic) bond motifs is 1. The highest BCUT2D eigenvalue weighted by molar-refractivity contribution is 14.1. The smallest absolute Gasteiger partial charge is 0.237 e. The molecule has 0 aromatic carbocycles. The largest absolute Gasteiger partial charge is 0.249 e. The third-order valence-corrected chi connectivity index (χ3v) is 6.84. The molecule has 110 valence electrons. The summed E-state index contributed by atoms with van der Waals surface area (Å²) in [6.45, 7) is 1.52. The highest BCUT2D eigenvalue weighted by Crippen LogP contribution is 2.37. The average Bonchev–Trinajstić information content (AvgIpc) is 2.87.